The number of carbonyl (C=O) groups is 2. The van der Waals surface area contributed by atoms with Gasteiger partial charge in [0.15, 0.2) is 0 Å². The Bertz CT molecular complexity index is 805. The van der Waals surface area contributed by atoms with Gasteiger partial charge in [0.05, 0.1) is 6.42 Å². The SMILES string of the molecule is CC[C@H](C)NC(=O)[C@H](C)N(Cc1ccccc1Cl)C(=O)Cc1ccc(C)cc1. The molecule has 5 heteroatoms. The number of amides is 2. The largest absolute Gasteiger partial charge is 0.352 e. The van der Waals surface area contributed by atoms with Crippen molar-refractivity contribution in [2.45, 2.75) is 59.2 Å². The van der Waals surface area contributed by atoms with Crippen LogP contribution in [-0.2, 0) is 22.6 Å². The number of hydrogen-bond acceptors (Lipinski definition) is 2. The molecule has 0 spiro atoms. The second-order valence-electron chi connectivity index (χ2n) is 7.27. The van der Waals surface area contributed by atoms with Gasteiger partial charge in [-0.1, -0.05) is 66.6 Å². The highest BCUT2D eigenvalue weighted by atomic mass is 35.5. The fourth-order valence-electron chi connectivity index (χ4n) is 2.84. The molecular formula is C23H29ClN2O2. The van der Waals surface area contributed by atoms with Gasteiger partial charge in [0, 0.05) is 17.6 Å². The third-order valence-electron chi connectivity index (χ3n) is 4.94. The quantitative estimate of drug-likeness (QED) is 0.708. The number of aryl methyl sites for hydroxylation is 1. The molecule has 0 aromatic heterocycles. The summed E-state index contributed by atoms with van der Waals surface area (Å²) in [7, 11) is 0. The molecule has 2 aromatic carbocycles. The molecule has 1 N–H and O–H groups in total. The van der Waals surface area contributed by atoms with Crippen molar-refractivity contribution in [2.24, 2.45) is 0 Å². The van der Waals surface area contributed by atoms with Crippen LogP contribution >= 0.6 is 11.6 Å². The van der Waals surface area contributed by atoms with E-state index in [0.717, 1.165) is 23.1 Å². The summed E-state index contributed by atoms with van der Waals surface area (Å²) >= 11 is 6.30. The Balaban J connectivity index is 2.23. The zero-order valence-corrected chi connectivity index (χ0v) is 17.8. The van der Waals surface area contributed by atoms with Gasteiger partial charge in [0.1, 0.15) is 6.04 Å². The standard InChI is InChI=1S/C23H29ClN2O2/c1-5-17(3)25-23(28)18(4)26(15-20-8-6-7-9-21(20)24)22(27)14-19-12-10-16(2)11-13-19/h6-13,17-18H,5,14-15H2,1-4H3,(H,25,28)/t17-,18-/m0/s1. The lowest BCUT2D eigenvalue weighted by molar-refractivity contribution is -0.140. The van der Waals surface area contributed by atoms with Crippen LogP contribution in [0.4, 0.5) is 0 Å². The molecule has 0 aliphatic carbocycles. The van der Waals surface area contributed by atoms with Gasteiger partial charge in [-0.05, 0) is 44.4 Å². The number of rotatable bonds is 8. The van der Waals surface area contributed by atoms with E-state index < -0.39 is 6.04 Å². The maximum atomic E-state index is 13.1. The predicted octanol–water partition coefficient (Wildman–Crippen LogP) is 4.52. The monoisotopic (exact) mass is 400 g/mol. The molecule has 0 fully saturated rings. The van der Waals surface area contributed by atoms with Gasteiger partial charge in [-0.25, -0.2) is 0 Å². The Morgan fingerprint density at radius 2 is 1.71 bits per heavy atom. The van der Waals surface area contributed by atoms with E-state index in [0.29, 0.717) is 11.6 Å². The average Bonchev–Trinajstić information content (AvgIpc) is 2.68. The molecule has 2 atom stereocenters. The summed E-state index contributed by atoms with van der Waals surface area (Å²) in [4.78, 5) is 27.4. The number of carbonyl (C=O) groups excluding carboxylic acids is 2. The van der Waals surface area contributed by atoms with Crippen LogP contribution in [0.15, 0.2) is 48.5 Å². The van der Waals surface area contributed by atoms with Crippen LogP contribution in [-0.4, -0.2) is 28.8 Å². The average molecular weight is 401 g/mol. The number of nitrogens with one attached hydrogen (secondary N) is 1. The first kappa shape index (κ1) is 22.0. The Hall–Kier alpha value is -2.33. The predicted molar refractivity (Wildman–Crippen MR) is 114 cm³/mol. The fourth-order valence-corrected chi connectivity index (χ4v) is 3.04. The van der Waals surface area contributed by atoms with Crippen molar-refractivity contribution in [1.29, 1.82) is 0 Å². The van der Waals surface area contributed by atoms with E-state index in [4.69, 9.17) is 11.6 Å². The Kier molecular flexibility index (Phi) is 8.06. The minimum Gasteiger partial charge on any atom is -0.352 e. The van der Waals surface area contributed by atoms with Gasteiger partial charge < -0.3 is 10.2 Å². The van der Waals surface area contributed by atoms with E-state index in [1.165, 1.54) is 0 Å². The van der Waals surface area contributed by atoms with Crippen LogP contribution in [0.5, 0.6) is 0 Å². The topological polar surface area (TPSA) is 49.4 Å². The van der Waals surface area contributed by atoms with Gasteiger partial charge in [-0.2, -0.15) is 0 Å². The first-order valence-electron chi connectivity index (χ1n) is 9.70. The van der Waals surface area contributed by atoms with Crippen molar-refractivity contribution in [1.82, 2.24) is 10.2 Å². The molecule has 0 bridgehead atoms. The molecule has 0 heterocycles. The third kappa shape index (κ3) is 6.10. The highest BCUT2D eigenvalue weighted by Gasteiger charge is 2.27. The van der Waals surface area contributed by atoms with Crippen molar-refractivity contribution < 1.29 is 9.59 Å². The molecule has 0 aliphatic rings. The molecule has 28 heavy (non-hydrogen) atoms. The van der Waals surface area contributed by atoms with Gasteiger partial charge in [-0.15, -0.1) is 0 Å². The first-order chi connectivity index (χ1) is 13.3. The van der Waals surface area contributed by atoms with E-state index in [9.17, 15) is 9.59 Å². The first-order valence-corrected chi connectivity index (χ1v) is 10.1. The van der Waals surface area contributed by atoms with Crippen molar-refractivity contribution in [3.05, 3.63) is 70.2 Å². The fraction of sp³-hybridized carbons (Fsp3) is 0.391. The highest BCUT2D eigenvalue weighted by Crippen LogP contribution is 2.19. The van der Waals surface area contributed by atoms with E-state index >= 15 is 0 Å². The molecule has 2 amide bonds. The van der Waals surface area contributed by atoms with Crippen molar-refractivity contribution in [3.63, 3.8) is 0 Å². The van der Waals surface area contributed by atoms with Crippen LogP contribution < -0.4 is 5.32 Å². The lowest BCUT2D eigenvalue weighted by Crippen LogP contribution is -2.49. The summed E-state index contributed by atoms with van der Waals surface area (Å²) in [5, 5.41) is 3.56. The number of nitrogens with zero attached hydrogens (tertiary/aromatic N) is 1. The molecule has 0 radical (unpaired) electrons. The van der Waals surface area contributed by atoms with Gasteiger partial charge in [-0.3, -0.25) is 9.59 Å². The summed E-state index contributed by atoms with van der Waals surface area (Å²) in [6.45, 7) is 8.04. The second-order valence-corrected chi connectivity index (χ2v) is 7.68. The third-order valence-corrected chi connectivity index (χ3v) is 5.31. The van der Waals surface area contributed by atoms with Crippen molar-refractivity contribution in [2.75, 3.05) is 0 Å². The van der Waals surface area contributed by atoms with Crippen LogP contribution in [0.3, 0.4) is 0 Å². The molecule has 4 nitrogen and oxygen atoms in total. The zero-order chi connectivity index (χ0) is 20.7. The Morgan fingerprint density at radius 3 is 2.32 bits per heavy atom. The molecule has 0 unspecified atom stereocenters. The van der Waals surface area contributed by atoms with E-state index in [2.05, 4.69) is 5.32 Å². The summed E-state index contributed by atoms with van der Waals surface area (Å²) in [5.41, 5.74) is 2.89. The van der Waals surface area contributed by atoms with E-state index in [-0.39, 0.29) is 24.3 Å². The molecule has 0 saturated carbocycles. The minimum absolute atomic E-state index is 0.0595. The lowest BCUT2D eigenvalue weighted by Gasteiger charge is -2.30. The minimum atomic E-state index is -0.594. The molecule has 2 rings (SSSR count). The molecule has 0 aliphatic heterocycles. The molecule has 150 valence electrons. The summed E-state index contributed by atoms with van der Waals surface area (Å²) in [6.07, 6.45) is 1.08. The van der Waals surface area contributed by atoms with E-state index in [1.807, 2.05) is 63.2 Å². The molecule has 2 aromatic rings. The smallest absolute Gasteiger partial charge is 0.242 e. The van der Waals surface area contributed by atoms with Crippen molar-refractivity contribution in [3.8, 4) is 0 Å². The van der Waals surface area contributed by atoms with Gasteiger partial charge in [0.25, 0.3) is 0 Å². The lowest BCUT2D eigenvalue weighted by atomic mass is 10.1. The maximum absolute atomic E-state index is 13.1. The maximum Gasteiger partial charge on any atom is 0.242 e. The zero-order valence-electron chi connectivity index (χ0n) is 17.0. The van der Waals surface area contributed by atoms with Gasteiger partial charge >= 0.3 is 0 Å². The molecule has 0 saturated heterocycles. The number of hydrogen-bond donors (Lipinski definition) is 1. The van der Waals surface area contributed by atoms with Crippen LogP contribution in [0, 0.1) is 6.92 Å². The van der Waals surface area contributed by atoms with E-state index in [1.54, 1.807) is 17.9 Å². The number of benzene rings is 2. The highest BCUT2D eigenvalue weighted by molar-refractivity contribution is 6.31. The summed E-state index contributed by atoms with van der Waals surface area (Å²) in [6, 6.07) is 14.7. The Labute approximate surface area is 172 Å². The van der Waals surface area contributed by atoms with Crippen LogP contribution in [0.2, 0.25) is 5.02 Å². The van der Waals surface area contributed by atoms with Gasteiger partial charge in [0.2, 0.25) is 11.8 Å². The number of halogens is 1. The van der Waals surface area contributed by atoms with Crippen LogP contribution in [0.25, 0.3) is 0 Å². The Morgan fingerprint density at radius 1 is 1.07 bits per heavy atom. The second kappa shape index (κ2) is 10.3. The summed E-state index contributed by atoms with van der Waals surface area (Å²) in [5.74, 6) is -0.255. The van der Waals surface area contributed by atoms with Crippen molar-refractivity contribution >= 4 is 23.4 Å². The molecular weight excluding hydrogens is 372 g/mol. The normalized spacial score (nSPS) is 12.9. The van der Waals surface area contributed by atoms with Crippen LogP contribution in [0.1, 0.15) is 43.9 Å². The summed E-state index contributed by atoms with van der Waals surface area (Å²) < 4.78 is 0.